The third kappa shape index (κ3) is 1.47. The summed E-state index contributed by atoms with van der Waals surface area (Å²) in [6.45, 7) is 1.23. The lowest BCUT2D eigenvalue weighted by atomic mass is 10.3. The summed E-state index contributed by atoms with van der Waals surface area (Å²) in [4.78, 5) is 0.902. The van der Waals surface area contributed by atoms with E-state index in [2.05, 4.69) is 17.2 Å². The minimum absolute atomic E-state index is 0.274. The lowest BCUT2D eigenvalue weighted by Crippen LogP contribution is -3.07. The van der Waals surface area contributed by atoms with Gasteiger partial charge in [0, 0.05) is 0 Å². The van der Waals surface area contributed by atoms with Crippen LogP contribution in [0.15, 0.2) is 0 Å². The van der Waals surface area contributed by atoms with E-state index < -0.39 is 12.0 Å². The molecule has 1 aliphatic heterocycles. The van der Waals surface area contributed by atoms with Gasteiger partial charge in [0.25, 0.3) is 0 Å². The van der Waals surface area contributed by atoms with Gasteiger partial charge in [0.05, 0.1) is 13.1 Å². The molecular formula is C7H9F3N4. The first kappa shape index (κ1) is 9.45. The maximum absolute atomic E-state index is 12.4. The van der Waals surface area contributed by atoms with Crippen molar-refractivity contribution in [3.63, 3.8) is 0 Å². The van der Waals surface area contributed by atoms with Crippen LogP contribution in [0.1, 0.15) is 11.6 Å². The van der Waals surface area contributed by atoms with Crippen LogP contribution in [-0.2, 0) is 19.3 Å². The molecule has 7 heteroatoms. The van der Waals surface area contributed by atoms with Gasteiger partial charge >= 0.3 is 6.18 Å². The molecule has 0 spiro atoms. The highest BCUT2D eigenvalue weighted by atomic mass is 19.4. The Kier molecular flexibility index (Phi) is 1.99. The van der Waals surface area contributed by atoms with Crippen molar-refractivity contribution in [2.45, 2.75) is 19.3 Å². The van der Waals surface area contributed by atoms with Gasteiger partial charge < -0.3 is 4.90 Å². The van der Waals surface area contributed by atoms with Crippen LogP contribution in [0.25, 0.3) is 0 Å². The van der Waals surface area contributed by atoms with Gasteiger partial charge in [-0.25, -0.2) is 0 Å². The average molecular weight is 206 g/mol. The second-order valence-electron chi connectivity index (χ2n) is 3.27. The fourth-order valence-electron chi connectivity index (χ4n) is 1.49. The molecule has 0 amide bonds. The Morgan fingerprint density at radius 1 is 1.36 bits per heavy atom. The molecule has 0 fully saturated rings. The van der Waals surface area contributed by atoms with E-state index in [4.69, 9.17) is 0 Å². The van der Waals surface area contributed by atoms with Crippen LogP contribution in [0.4, 0.5) is 13.2 Å². The highest BCUT2D eigenvalue weighted by Gasteiger charge is 2.39. The fraction of sp³-hybridized carbons (Fsp3) is 0.571. The van der Waals surface area contributed by atoms with Crippen LogP contribution in [-0.4, -0.2) is 21.3 Å². The molecule has 1 N–H and O–H groups in total. The first-order chi connectivity index (χ1) is 6.48. The van der Waals surface area contributed by atoms with Gasteiger partial charge in [0.2, 0.25) is 5.82 Å². The molecule has 0 saturated heterocycles. The number of fused-ring (bicyclic) bond motifs is 1. The van der Waals surface area contributed by atoms with Crippen LogP contribution < -0.4 is 4.90 Å². The molecule has 4 nitrogen and oxygen atoms in total. The molecular weight excluding hydrogens is 197 g/mol. The molecule has 2 heterocycles. The van der Waals surface area contributed by atoms with Crippen LogP contribution in [0, 0.1) is 7.05 Å². The molecule has 0 aromatic carbocycles. The van der Waals surface area contributed by atoms with Crippen LogP contribution in [0.5, 0.6) is 0 Å². The Bertz CT molecular complexity index is 343. The molecule has 1 aromatic heterocycles. The number of nitrogens with one attached hydrogen (secondary N) is 1. The van der Waals surface area contributed by atoms with Crippen LogP contribution in [0.3, 0.4) is 0 Å². The number of nitrogens with zero attached hydrogens (tertiary/aromatic N) is 3. The number of hydrogen-bond acceptors (Lipinski definition) is 2. The normalized spacial score (nSPS) is 22.1. The molecule has 1 unspecified atom stereocenters. The maximum Gasteiger partial charge on any atom is 0.451 e. The second-order valence-corrected chi connectivity index (χ2v) is 3.27. The van der Waals surface area contributed by atoms with Crippen molar-refractivity contribution in [1.82, 2.24) is 14.8 Å². The van der Waals surface area contributed by atoms with Gasteiger partial charge in [-0.2, -0.15) is 20.2 Å². The van der Waals surface area contributed by atoms with E-state index in [-0.39, 0.29) is 6.54 Å². The van der Waals surface area contributed by atoms with Gasteiger partial charge in [-0.1, -0.05) is 0 Å². The summed E-state index contributed by atoms with van der Waals surface area (Å²) in [5, 5.41) is 6.66. The molecule has 78 valence electrons. The van der Waals surface area contributed by atoms with E-state index >= 15 is 0 Å². The molecule has 0 aliphatic carbocycles. The Morgan fingerprint density at radius 3 is 2.71 bits per heavy atom. The van der Waals surface area contributed by atoms with E-state index in [0.717, 1.165) is 9.47 Å². The molecule has 0 saturated carbocycles. The SMILES string of the molecule is [CH2-][NH+]1CCn2c(nnc2C(F)(F)F)C1. The monoisotopic (exact) mass is 206 g/mol. The van der Waals surface area contributed by atoms with Crippen molar-refractivity contribution >= 4 is 0 Å². The zero-order chi connectivity index (χ0) is 10.3. The molecule has 0 bridgehead atoms. The Balaban J connectivity index is 2.38. The quantitative estimate of drug-likeness (QED) is 0.580. The van der Waals surface area contributed by atoms with Crippen molar-refractivity contribution in [2.75, 3.05) is 6.54 Å². The third-order valence-electron chi connectivity index (χ3n) is 2.18. The maximum atomic E-state index is 12.4. The fourth-order valence-corrected chi connectivity index (χ4v) is 1.49. The van der Waals surface area contributed by atoms with Gasteiger partial charge in [-0.3, -0.25) is 4.57 Å². The summed E-state index contributed by atoms with van der Waals surface area (Å²) in [5.74, 6) is -0.548. The first-order valence-corrected chi connectivity index (χ1v) is 4.14. The molecule has 1 aliphatic rings. The summed E-state index contributed by atoms with van der Waals surface area (Å²) in [6, 6.07) is 0. The second kappa shape index (κ2) is 2.94. The van der Waals surface area contributed by atoms with Gasteiger partial charge in [-0.05, 0) is 0 Å². The zero-order valence-corrected chi connectivity index (χ0v) is 7.30. The molecule has 14 heavy (non-hydrogen) atoms. The van der Waals surface area contributed by atoms with Gasteiger partial charge in [0.1, 0.15) is 6.54 Å². The van der Waals surface area contributed by atoms with E-state index in [9.17, 15) is 13.2 Å². The predicted octanol–water partition coefficient (Wildman–Crippen LogP) is -0.513. The smallest absolute Gasteiger partial charge is 0.451 e. The number of rotatable bonds is 0. The standard InChI is InChI=1S/C7H9F3N4/c1-13-2-3-14-5(4-13)11-12-6(14)7(8,9)10/h13H,1-4H2. The van der Waals surface area contributed by atoms with Crippen molar-refractivity contribution in [3.8, 4) is 0 Å². The van der Waals surface area contributed by atoms with Crippen molar-refractivity contribution in [3.05, 3.63) is 18.7 Å². The van der Waals surface area contributed by atoms with E-state index in [1.165, 1.54) is 0 Å². The first-order valence-electron chi connectivity index (χ1n) is 4.14. The highest BCUT2D eigenvalue weighted by Crippen LogP contribution is 2.28. The predicted molar refractivity (Wildman–Crippen MR) is 39.9 cm³/mol. The number of quaternary nitrogens is 1. The van der Waals surface area contributed by atoms with Gasteiger partial charge in [-0.15, -0.1) is 10.2 Å². The van der Waals surface area contributed by atoms with E-state index in [1.807, 2.05) is 0 Å². The molecule has 0 radical (unpaired) electrons. The number of hydrogen-bond donors (Lipinski definition) is 1. The largest absolute Gasteiger partial charge is 0.460 e. The Hall–Kier alpha value is -1.11. The third-order valence-corrected chi connectivity index (χ3v) is 2.18. The summed E-state index contributed by atoms with van der Waals surface area (Å²) in [6.07, 6.45) is -4.41. The summed E-state index contributed by atoms with van der Waals surface area (Å²) >= 11 is 0. The molecule has 1 atom stereocenters. The minimum Gasteiger partial charge on any atom is -0.460 e. The topological polar surface area (TPSA) is 35.2 Å². The van der Waals surface area contributed by atoms with Crippen molar-refractivity contribution in [2.24, 2.45) is 0 Å². The number of alkyl halides is 3. The molecule has 2 rings (SSSR count). The highest BCUT2D eigenvalue weighted by molar-refractivity contribution is 4.99. The van der Waals surface area contributed by atoms with Crippen molar-refractivity contribution in [1.29, 1.82) is 0 Å². The zero-order valence-electron chi connectivity index (χ0n) is 7.30. The van der Waals surface area contributed by atoms with Crippen molar-refractivity contribution < 1.29 is 18.1 Å². The number of halogens is 3. The Morgan fingerprint density at radius 2 is 2.07 bits per heavy atom. The van der Waals surface area contributed by atoms with Gasteiger partial charge in [0.15, 0.2) is 5.82 Å². The summed E-state index contributed by atoms with van der Waals surface area (Å²) in [5.41, 5.74) is 0. The van der Waals surface area contributed by atoms with Crippen LogP contribution in [0.2, 0.25) is 0 Å². The van der Waals surface area contributed by atoms with Crippen LogP contribution >= 0.6 is 0 Å². The minimum atomic E-state index is -4.41. The van der Waals surface area contributed by atoms with E-state index in [1.54, 1.807) is 0 Å². The average Bonchev–Trinajstić information content (AvgIpc) is 2.45. The molecule has 1 aromatic rings. The summed E-state index contributed by atoms with van der Waals surface area (Å²) < 4.78 is 38.2. The number of aromatic nitrogens is 3. The lowest BCUT2D eigenvalue weighted by molar-refractivity contribution is -0.873. The lowest BCUT2D eigenvalue weighted by Gasteiger charge is -2.26. The van der Waals surface area contributed by atoms with E-state index in [0.29, 0.717) is 18.9 Å². The Labute approximate surface area is 78.3 Å². The summed E-state index contributed by atoms with van der Waals surface area (Å²) in [7, 11) is 3.72.